The first-order valence-electron chi connectivity index (χ1n) is 18.8. The molecule has 7 atom stereocenters. The Labute approximate surface area is 307 Å². The van der Waals surface area contributed by atoms with Crippen LogP contribution < -0.4 is 0 Å². The van der Waals surface area contributed by atoms with Crippen molar-refractivity contribution >= 4 is 22.6 Å². The summed E-state index contributed by atoms with van der Waals surface area (Å²) < 4.78 is 32.7. The zero-order valence-electron chi connectivity index (χ0n) is 33.4. The zero-order chi connectivity index (χ0) is 37.3. The molecule has 0 aromatic carbocycles. The number of cyclic esters (lactones) is 1. The summed E-state index contributed by atoms with van der Waals surface area (Å²) >= 11 is 0. The van der Waals surface area contributed by atoms with Crippen molar-refractivity contribution in [3.63, 3.8) is 0 Å². The molecule has 0 saturated heterocycles. The third-order valence-electron chi connectivity index (χ3n) is 11.0. The second-order valence-electron chi connectivity index (χ2n) is 17.8. The third kappa shape index (κ3) is 13.5. The lowest BCUT2D eigenvalue weighted by Crippen LogP contribution is -2.47. The molecule has 0 aromatic heterocycles. The van der Waals surface area contributed by atoms with Gasteiger partial charge in [0.25, 0.3) is 0 Å². The molecule has 0 aromatic rings. The number of ether oxygens (including phenoxy) is 3. The Morgan fingerprint density at radius 3 is 2.32 bits per heavy atom. The molecule has 3 aliphatic heterocycles. The van der Waals surface area contributed by atoms with Crippen molar-refractivity contribution in [2.24, 2.45) is 5.92 Å². The number of carbonyl (C=O) groups is 1. The van der Waals surface area contributed by atoms with Gasteiger partial charge in [0.05, 0.1) is 31.0 Å². The molecule has 3 aliphatic rings. The zero-order valence-corrected chi connectivity index (χ0v) is 35.4. The van der Waals surface area contributed by atoms with Crippen LogP contribution in [0.1, 0.15) is 100 Å². The maximum absolute atomic E-state index is 13.4. The molecule has 0 amide bonds. The van der Waals surface area contributed by atoms with E-state index in [0.29, 0.717) is 25.4 Å². The molecule has 0 spiro atoms. The average Bonchev–Trinajstić information content (AvgIpc) is 2.97. The lowest BCUT2D eigenvalue weighted by molar-refractivity contribution is -0.145. The summed E-state index contributed by atoms with van der Waals surface area (Å²) in [6.45, 7) is 32.1. The summed E-state index contributed by atoms with van der Waals surface area (Å²) in [4.78, 5) is 13.4. The standard InChI is InChI=1S/C42H68O6Si2/c1-31-25-26-44-35(28-31)23-24-39(48-50(12,13)42(7,8)9)38-21-15-20-37(47-49(10,11)41(4,5)6)30-33(3)27-32(2)29-36-19-14-17-34(45-36)18-16-22-40(43)46-38/h14-15,17,20,23-25,32,34-39H,3,18-19,21,26-30H2,1-2,4-13H3. The number of hydrogen-bond donors (Lipinski definition) is 0. The van der Waals surface area contributed by atoms with Crippen molar-refractivity contribution in [3.8, 4) is 11.8 Å². The van der Waals surface area contributed by atoms with E-state index in [9.17, 15) is 4.79 Å². The first-order valence-corrected chi connectivity index (χ1v) is 24.6. The average molecular weight is 725 g/mol. The molecule has 0 aliphatic carbocycles. The fourth-order valence-electron chi connectivity index (χ4n) is 5.99. The SMILES string of the molecule is C=C1CC(C)CC2CC=CC(CC#CC(=O)OC(C(C=CC3CC(C)=CCO3)O[Si](C)(C)C(C)(C)C)CC=CC(O[Si](C)(C)C(C)(C)C)C1)O2. The Hall–Kier alpha value is -2.00. The van der Waals surface area contributed by atoms with Gasteiger partial charge in [0.1, 0.15) is 12.2 Å². The molecule has 0 fully saturated rings. The van der Waals surface area contributed by atoms with Crippen LogP contribution in [0.15, 0.2) is 60.3 Å². The predicted molar refractivity (Wildman–Crippen MR) is 212 cm³/mol. The lowest BCUT2D eigenvalue weighted by atomic mass is 9.91. The molecule has 6 nitrogen and oxygen atoms in total. The van der Waals surface area contributed by atoms with Gasteiger partial charge in [-0.25, -0.2) is 4.79 Å². The molecule has 2 bridgehead atoms. The van der Waals surface area contributed by atoms with Crippen molar-refractivity contribution in [3.05, 3.63) is 60.3 Å². The van der Waals surface area contributed by atoms with E-state index in [1.807, 2.05) is 0 Å². The summed E-state index contributed by atoms with van der Waals surface area (Å²) in [5.74, 6) is 5.70. The predicted octanol–water partition coefficient (Wildman–Crippen LogP) is 10.4. The molecule has 0 saturated carbocycles. The minimum absolute atomic E-state index is 0.0418. The molecule has 0 radical (unpaired) electrons. The number of fused-ring (bicyclic) bond motifs is 2. The summed E-state index contributed by atoms with van der Waals surface area (Å²) in [6.07, 6.45) is 18.7. The van der Waals surface area contributed by atoms with Gasteiger partial charge in [-0.2, -0.15) is 0 Å². The monoisotopic (exact) mass is 724 g/mol. The van der Waals surface area contributed by atoms with Gasteiger partial charge >= 0.3 is 5.97 Å². The molecule has 8 heteroatoms. The maximum Gasteiger partial charge on any atom is 0.384 e. The van der Waals surface area contributed by atoms with Crippen molar-refractivity contribution in [2.45, 2.75) is 173 Å². The van der Waals surface area contributed by atoms with Crippen LogP contribution in [0.3, 0.4) is 0 Å². The van der Waals surface area contributed by atoms with Crippen LogP contribution in [-0.2, 0) is 27.9 Å². The van der Waals surface area contributed by atoms with Gasteiger partial charge in [-0.1, -0.05) is 115 Å². The first-order chi connectivity index (χ1) is 23.1. The number of esters is 1. The van der Waals surface area contributed by atoms with E-state index in [1.165, 1.54) is 11.1 Å². The van der Waals surface area contributed by atoms with Crippen LogP contribution in [0.25, 0.3) is 0 Å². The summed E-state index contributed by atoms with van der Waals surface area (Å²) in [7, 11) is -4.39. The quantitative estimate of drug-likeness (QED) is 0.0856. The van der Waals surface area contributed by atoms with E-state index in [-0.39, 0.29) is 34.5 Å². The fourth-order valence-corrected chi connectivity index (χ4v) is 8.52. The topological polar surface area (TPSA) is 63.2 Å². The van der Waals surface area contributed by atoms with E-state index < -0.39 is 34.8 Å². The van der Waals surface area contributed by atoms with Crippen LogP contribution >= 0.6 is 0 Å². The Kier molecular flexibility index (Phi) is 15.4. The van der Waals surface area contributed by atoms with Gasteiger partial charge in [0, 0.05) is 18.8 Å². The van der Waals surface area contributed by atoms with E-state index in [4.69, 9.17) is 23.1 Å². The highest BCUT2D eigenvalue weighted by Crippen LogP contribution is 2.40. The minimum Gasteiger partial charge on any atom is -0.449 e. The van der Waals surface area contributed by atoms with Crippen molar-refractivity contribution < 1.29 is 27.9 Å². The van der Waals surface area contributed by atoms with Crippen LogP contribution in [-0.4, -0.2) is 65.8 Å². The number of carbonyl (C=O) groups excluding carboxylic acids is 1. The first kappa shape index (κ1) is 42.4. The Morgan fingerprint density at radius 1 is 0.980 bits per heavy atom. The highest BCUT2D eigenvalue weighted by Gasteiger charge is 2.41. The van der Waals surface area contributed by atoms with Crippen LogP contribution in [0.2, 0.25) is 36.3 Å². The minimum atomic E-state index is -2.29. The molecule has 3 rings (SSSR count). The van der Waals surface area contributed by atoms with E-state index in [0.717, 1.165) is 32.1 Å². The van der Waals surface area contributed by atoms with Gasteiger partial charge in [-0.15, -0.1) is 0 Å². The van der Waals surface area contributed by atoms with Gasteiger partial charge in [-0.05, 0) is 81.2 Å². The molecular weight excluding hydrogens is 657 g/mol. The normalized spacial score (nSPS) is 29.0. The molecule has 280 valence electrons. The molecule has 0 N–H and O–H groups in total. The Morgan fingerprint density at radius 2 is 1.66 bits per heavy atom. The van der Waals surface area contributed by atoms with Crippen LogP contribution in [0.4, 0.5) is 0 Å². The fraction of sp³-hybridized carbons (Fsp3) is 0.690. The van der Waals surface area contributed by atoms with E-state index in [1.54, 1.807) is 0 Å². The summed E-state index contributed by atoms with van der Waals surface area (Å²) in [5, 5.41) is 0.0160. The van der Waals surface area contributed by atoms with Crippen molar-refractivity contribution in [2.75, 3.05) is 6.61 Å². The highest BCUT2D eigenvalue weighted by atomic mass is 28.4. The second kappa shape index (κ2) is 18.2. The number of rotatable bonds is 7. The van der Waals surface area contributed by atoms with Gasteiger partial charge in [0.2, 0.25) is 0 Å². The smallest absolute Gasteiger partial charge is 0.384 e. The second-order valence-corrected chi connectivity index (χ2v) is 27.4. The Bertz CT molecular complexity index is 1330. The third-order valence-corrected chi connectivity index (χ3v) is 20.0. The molecule has 3 heterocycles. The summed E-state index contributed by atoms with van der Waals surface area (Å²) in [5.41, 5.74) is 2.49. The van der Waals surface area contributed by atoms with E-state index >= 15 is 0 Å². The largest absolute Gasteiger partial charge is 0.449 e. The van der Waals surface area contributed by atoms with Gasteiger partial charge in [0.15, 0.2) is 16.6 Å². The number of hydrogen-bond acceptors (Lipinski definition) is 6. The van der Waals surface area contributed by atoms with Crippen LogP contribution in [0, 0.1) is 17.8 Å². The summed E-state index contributed by atoms with van der Waals surface area (Å²) in [6, 6.07) is 0. The Balaban J connectivity index is 2.03. The highest BCUT2D eigenvalue weighted by molar-refractivity contribution is 6.74. The van der Waals surface area contributed by atoms with E-state index in [2.05, 4.69) is 143 Å². The molecular formula is C42H68O6Si2. The maximum atomic E-state index is 13.4. The van der Waals surface area contributed by atoms with Gasteiger partial charge in [-0.3, -0.25) is 0 Å². The van der Waals surface area contributed by atoms with Crippen molar-refractivity contribution in [1.29, 1.82) is 0 Å². The van der Waals surface area contributed by atoms with Crippen molar-refractivity contribution in [1.82, 2.24) is 0 Å². The molecule has 50 heavy (non-hydrogen) atoms. The molecule has 7 unspecified atom stereocenters. The lowest BCUT2D eigenvalue weighted by Gasteiger charge is -2.40. The van der Waals surface area contributed by atoms with Crippen LogP contribution in [0.5, 0.6) is 0 Å². The van der Waals surface area contributed by atoms with Gasteiger partial charge < -0.3 is 23.1 Å².